The predicted molar refractivity (Wildman–Crippen MR) is 140 cm³/mol. The molecule has 1 atom stereocenters. The topological polar surface area (TPSA) is 121 Å². The van der Waals surface area contributed by atoms with Crippen LogP contribution in [-0.4, -0.2) is 53.6 Å². The summed E-state index contributed by atoms with van der Waals surface area (Å²) >= 11 is 0. The molecule has 2 aromatic carbocycles. The molecule has 0 bridgehead atoms. The van der Waals surface area contributed by atoms with E-state index in [0.717, 1.165) is 28.1 Å². The molecule has 0 aliphatic carbocycles. The van der Waals surface area contributed by atoms with E-state index in [1.807, 2.05) is 36.4 Å². The van der Waals surface area contributed by atoms with E-state index in [1.165, 1.54) is 12.7 Å². The molecule has 0 saturated heterocycles. The molecule has 186 valence electrons. The summed E-state index contributed by atoms with van der Waals surface area (Å²) in [7, 11) is 1.36. The van der Waals surface area contributed by atoms with E-state index in [1.54, 1.807) is 18.5 Å². The zero-order valence-corrected chi connectivity index (χ0v) is 20.4. The van der Waals surface area contributed by atoms with Crippen molar-refractivity contribution in [1.82, 2.24) is 25.6 Å². The van der Waals surface area contributed by atoms with Gasteiger partial charge in [0.05, 0.1) is 18.9 Å². The molecule has 0 aliphatic heterocycles. The zero-order valence-electron chi connectivity index (χ0n) is 20.4. The number of aromatic nitrogens is 3. The van der Waals surface area contributed by atoms with Gasteiger partial charge in [-0.05, 0) is 36.2 Å². The number of anilines is 1. The quantitative estimate of drug-likeness (QED) is 0.188. The van der Waals surface area contributed by atoms with Crippen LogP contribution in [0, 0.1) is 0 Å². The Morgan fingerprint density at radius 3 is 2.53 bits per heavy atom. The van der Waals surface area contributed by atoms with Crippen LogP contribution in [0.4, 0.5) is 5.82 Å². The molecule has 0 fully saturated rings. The van der Waals surface area contributed by atoms with Gasteiger partial charge < -0.3 is 25.7 Å². The zero-order chi connectivity index (χ0) is 25.3. The highest BCUT2D eigenvalue weighted by atomic mass is 16.5. The van der Waals surface area contributed by atoms with Crippen molar-refractivity contribution in [3.63, 3.8) is 0 Å². The summed E-state index contributed by atoms with van der Waals surface area (Å²) in [6, 6.07) is 19.7. The van der Waals surface area contributed by atoms with E-state index in [4.69, 9.17) is 0 Å². The molecule has 4 N–H and O–H groups in total. The number of aromatic amines is 1. The number of nitrogens with zero attached hydrogens (tertiary/aromatic N) is 2. The summed E-state index contributed by atoms with van der Waals surface area (Å²) in [6.45, 7) is 3.63. The summed E-state index contributed by atoms with van der Waals surface area (Å²) in [4.78, 5) is 35.7. The first kappa shape index (κ1) is 24.9. The maximum Gasteiger partial charge on any atom is 0.306 e. The van der Waals surface area contributed by atoms with Crippen molar-refractivity contribution < 1.29 is 14.3 Å². The van der Waals surface area contributed by atoms with Gasteiger partial charge in [-0.15, -0.1) is 0 Å². The molecular formula is C27H30N6O3. The fourth-order valence-corrected chi connectivity index (χ4v) is 3.83. The fraction of sp³-hybridized carbons (Fsp3) is 0.259. The second-order valence-corrected chi connectivity index (χ2v) is 8.35. The number of amides is 1. The largest absolute Gasteiger partial charge is 0.469 e. The molecule has 2 aromatic heterocycles. The van der Waals surface area contributed by atoms with E-state index in [0.29, 0.717) is 31.6 Å². The van der Waals surface area contributed by atoms with Crippen molar-refractivity contribution in [2.75, 3.05) is 32.1 Å². The molecule has 2 heterocycles. The summed E-state index contributed by atoms with van der Waals surface area (Å²) in [5.74, 6) is 0.345. The van der Waals surface area contributed by atoms with Crippen LogP contribution in [0.5, 0.6) is 0 Å². The first-order valence-electron chi connectivity index (χ1n) is 11.9. The van der Waals surface area contributed by atoms with Gasteiger partial charge in [-0.25, -0.2) is 9.97 Å². The Hall–Kier alpha value is -4.24. The summed E-state index contributed by atoms with van der Waals surface area (Å²) in [6.07, 6.45) is 1.84. The first-order valence-corrected chi connectivity index (χ1v) is 11.9. The smallest absolute Gasteiger partial charge is 0.306 e. The third-order valence-corrected chi connectivity index (χ3v) is 5.86. The van der Waals surface area contributed by atoms with E-state index in [9.17, 15) is 9.59 Å². The van der Waals surface area contributed by atoms with Gasteiger partial charge in [0.1, 0.15) is 17.8 Å². The number of methoxy groups -OCH3 is 1. The van der Waals surface area contributed by atoms with Crippen LogP contribution >= 0.6 is 0 Å². The van der Waals surface area contributed by atoms with Crippen molar-refractivity contribution in [3.05, 3.63) is 78.1 Å². The average Bonchev–Trinajstić information content (AvgIpc) is 3.36. The molecule has 4 aromatic rings. The molecule has 9 nitrogen and oxygen atoms in total. The highest BCUT2D eigenvalue weighted by molar-refractivity contribution is 5.95. The number of carbonyl (C=O) groups excluding carboxylic acids is 2. The summed E-state index contributed by atoms with van der Waals surface area (Å²) in [5.41, 5.74) is 4.32. The average molecular weight is 487 g/mol. The summed E-state index contributed by atoms with van der Waals surface area (Å²) in [5, 5.41) is 10.3. The van der Waals surface area contributed by atoms with Crippen LogP contribution < -0.4 is 16.0 Å². The number of carbonyl (C=O) groups is 2. The lowest BCUT2D eigenvalue weighted by atomic mass is 10.1. The molecule has 9 heteroatoms. The van der Waals surface area contributed by atoms with Gasteiger partial charge >= 0.3 is 5.97 Å². The number of nitrogens with one attached hydrogen (secondary N) is 4. The molecule has 0 spiro atoms. The van der Waals surface area contributed by atoms with Gasteiger partial charge in [0.25, 0.3) is 5.91 Å². The van der Waals surface area contributed by atoms with E-state index < -0.39 is 0 Å². The molecule has 1 amide bonds. The third-order valence-electron chi connectivity index (χ3n) is 5.86. The van der Waals surface area contributed by atoms with Gasteiger partial charge in [-0.3, -0.25) is 9.59 Å². The van der Waals surface area contributed by atoms with E-state index >= 15 is 0 Å². The van der Waals surface area contributed by atoms with Crippen LogP contribution in [0.2, 0.25) is 0 Å². The number of rotatable bonds is 11. The third kappa shape index (κ3) is 6.25. The minimum absolute atomic E-state index is 0.0866. The van der Waals surface area contributed by atoms with Crippen LogP contribution in [-0.2, 0) is 9.53 Å². The number of fused-ring (bicyclic) bond motifs is 1. The van der Waals surface area contributed by atoms with Gasteiger partial charge in [0, 0.05) is 36.9 Å². The van der Waals surface area contributed by atoms with E-state index in [-0.39, 0.29) is 17.9 Å². The number of benzene rings is 2. The molecule has 0 saturated carbocycles. The van der Waals surface area contributed by atoms with Crippen LogP contribution in [0.3, 0.4) is 0 Å². The minimum atomic E-state index is -0.261. The lowest BCUT2D eigenvalue weighted by Crippen LogP contribution is -2.32. The van der Waals surface area contributed by atoms with Crippen molar-refractivity contribution in [3.8, 4) is 11.3 Å². The van der Waals surface area contributed by atoms with Gasteiger partial charge in [-0.2, -0.15) is 0 Å². The Morgan fingerprint density at radius 1 is 1.00 bits per heavy atom. The van der Waals surface area contributed by atoms with Crippen molar-refractivity contribution >= 4 is 28.7 Å². The Balaban J connectivity index is 1.37. The number of ether oxygens (including phenoxy) is 1. The number of hydrogen-bond acceptors (Lipinski definition) is 7. The molecular weight excluding hydrogens is 456 g/mol. The second kappa shape index (κ2) is 11.9. The Labute approximate surface area is 209 Å². The predicted octanol–water partition coefficient (Wildman–Crippen LogP) is 3.68. The monoisotopic (exact) mass is 486 g/mol. The fourth-order valence-electron chi connectivity index (χ4n) is 3.83. The van der Waals surface area contributed by atoms with Gasteiger partial charge in [0.2, 0.25) is 0 Å². The molecule has 36 heavy (non-hydrogen) atoms. The Bertz CT molecular complexity index is 1300. The van der Waals surface area contributed by atoms with Crippen LogP contribution in [0.1, 0.15) is 35.3 Å². The normalized spacial score (nSPS) is 11.7. The molecule has 0 aliphatic rings. The molecule has 0 unspecified atom stereocenters. The number of esters is 1. The first-order chi connectivity index (χ1) is 17.5. The van der Waals surface area contributed by atoms with Crippen molar-refractivity contribution in [2.24, 2.45) is 0 Å². The number of hydrogen-bond donors (Lipinski definition) is 4. The Kier molecular flexibility index (Phi) is 8.25. The highest BCUT2D eigenvalue weighted by Gasteiger charge is 2.13. The maximum atomic E-state index is 12.4. The molecule has 4 rings (SSSR count). The van der Waals surface area contributed by atoms with Gasteiger partial charge in [0.15, 0.2) is 0 Å². The number of H-pyrrole nitrogens is 1. The van der Waals surface area contributed by atoms with Crippen molar-refractivity contribution in [1.29, 1.82) is 0 Å². The lowest BCUT2D eigenvalue weighted by Gasteiger charge is -2.15. The lowest BCUT2D eigenvalue weighted by molar-refractivity contribution is -0.140. The second-order valence-electron chi connectivity index (χ2n) is 8.35. The summed E-state index contributed by atoms with van der Waals surface area (Å²) < 4.78 is 4.59. The minimum Gasteiger partial charge on any atom is -0.469 e. The van der Waals surface area contributed by atoms with Crippen molar-refractivity contribution in [2.45, 2.75) is 19.4 Å². The highest BCUT2D eigenvalue weighted by Crippen LogP contribution is 2.29. The Morgan fingerprint density at radius 2 is 1.78 bits per heavy atom. The molecule has 0 radical (unpaired) electrons. The van der Waals surface area contributed by atoms with Crippen LogP contribution in [0.25, 0.3) is 22.3 Å². The van der Waals surface area contributed by atoms with E-state index in [2.05, 4.69) is 54.7 Å². The maximum absolute atomic E-state index is 12.4. The van der Waals surface area contributed by atoms with Gasteiger partial charge in [-0.1, -0.05) is 42.5 Å². The SMILES string of the molecule is COC(=O)CCNCCNC(=O)c1ccc(-c2cc3c(N[C@H](C)c4ccccc4)ncnc3[nH]2)cc1. The standard InChI is InChI=1S/C27H30N6O3/c1-18(19-6-4-3-5-7-19)32-25-22-16-23(33-26(22)31-17-30-25)20-8-10-21(11-9-20)27(35)29-15-14-28-13-12-24(34)36-2/h3-11,16-18,28H,12-15H2,1-2H3,(H,29,35)(H2,30,31,32,33)/t18-/m1/s1. The van der Waals surface area contributed by atoms with Crippen LogP contribution in [0.15, 0.2) is 67.0 Å².